The fourth-order valence-electron chi connectivity index (χ4n) is 1.84. The summed E-state index contributed by atoms with van der Waals surface area (Å²) in [5.74, 6) is 1.09. The maximum atomic E-state index is 6.21. The molecule has 106 valence electrons. The Kier molecular flexibility index (Phi) is 5.17. The lowest BCUT2D eigenvalue weighted by Crippen LogP contribution is -2.18. The van der Waals surface area contributed by atoms with Crippen molar-refractivity contribution in [2.75, 3.05) is 0 Å². The molecule has 2 N–H and O–H groups in total. The van der Waals surface area contributed by atoms with Crippen molar-refractivity contribution in [2.24, 2.45) is 5.73 Å². The molecular weight excluding hydrogens is 317 g/mol. The van der Waals surface area contributed by atoms with E-state index in [9.17, 15) is 0 Å². The topological polar surface area (TPSA) is 35.2 Å². The SMILES string of the molecule is CC(N)Cc1cccc(Cl)c1Oc1ccc(Cl)cc1Cl. The molecule has 0 fully saturated rings. The van der Waals surface area contributed by atoms with E-state index in [1.54, 1.807) is 24.3 Å². The van der Waals surface area contributed by atoms with Gasteiger partial charge in [-0.2, -0.15) is 0 Å². The van der Waals surface area contributed by atoms with Crippen LogP contribution in [-0.4, -0.2) is 6.04 Å². The fourth-order valence-corrected chi connectivity index (χ4v) is 2.52. The molecule has 0 aliphatic rings. The molecule has 2 nitrogen and oxygen atoms in total. The highest BCUT2D eigenvalue weighted by Gasteiger charge is 2.13. The van der Waals surface area contributed by atoms with Gasteiger partial charge in [0.2, 0.25) is 0 Å². The van der Waals surface area contributed by atoms with Gasteiger partial charge in [0.15, 0.2) is 0 Å². The first-order chi connectivity index (χ1) is 9.47. The fraction of sp³-hybridized carbons (Fsp3) is 0.200. The Bertz CT molecular complexity index is 614. The number of hydrogen-bond donors (Lipinski definition) is 1. The molecule has 0 saturated heterocycles. The summed E-state index contributed by atoms with van der Waals surface area (Å²) in [7, 11) is 0. The third-order valence-corrected chi connectivity index (χ3v) is 3.52. The van der Waals surface area contributed by atoms with E-state index in [2.05, 4.69) is 0 Å². The molecule has 0 aliphatic heterocycles. The van der Waals surface area contributed by atoms with Gasteiger partial charge in [-0.1, -0.05) is 46.9 Å². The first-order valence-electron chi connectivity index (χ1n) is 6.13. The zero-order chi connectivity index (χ0) is 14.7. The van der Waals surface area contributed by atoms with Crippen LogP contribution in [0.25, 0.3) is 0 Å². The summed E-state index contributed by atoms with van der Waals surface area (Å²) in [6.07, 6.45) is 0.668. The average molecular weight is 331 g/mol. The number of halogens is 3. The number of hydrogen-bond acceptors (Lipinski definition) is 2. The summed E-state index contributed by atoms with van der Waals surface area (Å²) in [5.41, 5.74) is 6.79. The lowest BCUT2D eigenvalue weighted by atomic mass is 10.1. The Morgan fingerprint density at radius 1 is 1.10 bits per heavy atom. The van der Waals surface area contributed by atoms with Gasteiger partial charge in [0.25, 0.3) is 0 Å². The molecule has 0 spiro atoms. The monoisotopic (exact) mass is 329 g/mol. The molecule has 0 amide bonds. The van der Waals surface area contributed by atoms with E-state index in [1.165, 1.54) is 0 Å². The largest absolute Gasteiger partial charge is 0.454 e. The van der Waals surface area contributed by atoms with E-state index < -0.39 is 0 Å². The van der Waals surface area contributed by atoms with Gasteiger partial charge in [-0.3, -0.25) is 0 Å². The lowest BCUT2D eigenvalue weighted by molar-refractivity contribution is 0.474. The van der Waals surface area contributed by atoms with E-state index in [1.807, 2.05) is 19.1 Å². The van der Waals surface area contributed by atoms with Crippen molar-refractivity contribution in [3.63, 3.8) is 0 Å². The smallest absolute Gasteiger partial charge is 0.149 e. The molecule has 2 rings (SSSR count). The van der Waals surface area contributed by atoms with Crippen LogP contribution in [0.3, 0.4) is 0 Å². The number of benzene rings is 2. The van der Waals surface area contributed by atoms with Crippen molar-refractivity contribution in [1.29, 1.82) is 0 Å². The van der Waals surface area contributed by atoms with Crippen LogP contribution in [0.15, 0.2) is 36.4 Å². The van der Waals surface area contributed by atoms with Crippen molar-refractivity contribution in [2.45, 2.75) is 19.4 Å². The van der Waals surface area contributed by atoms with Crippen LogP contribution in [0.1, 0.15) is 12.5 Å². The molecular formula is C15H14Cl3NO. The molecule has 0 radical (unpaired) electrons. The van der Waals surface area contributed by atoms with E-state index in [0.29, 0.717) is 33.0 Å². The van der Waals surface area contributed by atoms with Crippen LogP contribution in [0, 0.1) is 0 Å². The van der Waals surface area contributed by atoms with E-state index in [4.69, 9.17) is 45.3 Å². The first-order valence-corrected chi connectivity index (χ1v) is 7.26. The third kappa shape index (κ3) is 3.80. The Morgan fingerprint density at radius 2 is 1.85 bits per heavy atom. The Balaban J connectivity index is 2.37. The molecule has 0 saturated carbocycles. The number of ether oxygens (including phenoxy) is 1. The predicted octanol–water partition coefficient (Wildman–Crippen LogP) is 5.33. The van der Waals surface area contributed by atoms with Gasteiger partial charge >= 0.3 is 0 Å². The summed E-state index contributed by atoms with van der Waals surface area (Å²) in [4.78, 5) is 0. The van der Waals surface area contributed by atoms with Crippen LogP contribution in [0.2, 0.25) is 15.1 Å². The predicted molar refractivity (Wildman–Crippen MR) is 85.3 cm³/mol. The van der Waals surface area contributed by atoms with Crippen molar-refractivity contribution in [3.05, 3.63) is 57.0 Å². The van der Waals surface area contributed by atoms with Gasteiger partial charge in [-0.15, -0.1) is 0 Å². The Labute approximate surface area is 133 Å². The van der Waals surface area contributed by atoms with Gasteiger partial charge in [0.05, 0.1) is 10.0 Å². The number of rotatable bonds is 4. The summed E-state index contributed by atoms with van der Waals surface area (Å²) >= 11 is 18.2. The molecule has 1 unspecified atom stereocenters. The average Bonchev–Trinajstić information content (AvgIpc) is 2.35. The van der Waals surface area contributed by atoms with Crippen LogP contribution < -0.4 is 10.5 Å². The minimum absolute atomic E-state index is 0.0107. The van der Waals surface area contributed by atoms with E-state index in [0.717, 1.165) is 5.56 Å². The third-order valence-electron chi connectivity index (χ3n) is 2.70. The molecule has 0 bridgehead atoms. The molecule has 2 aromatic rings. The quantitative estimate of drug-likeness (QED) is 0.822. The molecule has 2 aromatic carbocycles. The molecule has 0 aromatic heterocycles. The van der Waals surface area contributed by atoms with Gasteiger partial charge in [-0.25, -0.2) is 0 Å². The van der Waals surface area contributed by atoms with Gasteiger partial charge in [0.1, 0.15) is 11.5 Å². The highest BCUT2D eigenvalue weighted by molar-refractivity contribution is 6.35. The molecule has 0 aliphatic carbocycles. The highest BCUT2D eigenvalue weighted by atomic mass is 35.5. The Hall–Kier alpha value is -0.930. The zero-order valence-corrected chi connectivity index (χ0v) is 13.1. The van der Waals surface area contributed by atoms with Crippen molar-refractivity contribution in [3.8, 4) is 11.5 Å². The summed E-state index contributed by atoms with van der Waals surface area (Å²) in [6.45, 7) is 1.93. The van der Waals surface area contributed by atoms with Crippen molar-refractivity contribution >= 4 is 34.8 Å². The second-order valence-electron chi connectivity index (χ2n) is 4.59. The lowest BCUT2D eigenvalue weighted by Gasteiger charge is -2.15. The molecule has 5 heteroatoms. The molecule has 1 atom stereocenters. The zero-order valence-electron chi connectivity index (χ0n) is 10.9. The van der Waals surface area contributed by atoms with E-state index in [-0.39, 0.29) is 6.04 Å². The number of para-hydroxylation sites is 1. The molecule has 20 heavy (non-hydrogen) atoms. The van der Waals surface area contributed by atoms with Gasteiger partial charge in [0, 0.05) is 11.1 Å². The maximum Gasteiger partial charge on any atom is 0.149 e. The number of nitrogens with two attached hydrogens (primary N) is 1. The van der Waals surface area contributed by atoms with E-state index >= 15 is 0 Å². The maximum absolute atomic E-state index is 6.21. The standard InChI is InChI=1S/C15H14Cl3NO/c1-9(19)7-10-3-2-4-12(17)15(10)20-14-6-5-11(16)8-13(14)18/h2-6,8-9H,7,19H2,1H3. The Morgan fingerprint density at radius 3 is 2.50 bits per heavy atom. The van der Waals surface area contributed by atoms with Crippen molar-refractivity contribution in [1.82, 2.24) is 0 Å². The van der Waals surface area contributed by atoms with Crippen LogP contribution >= 0.6 is 34.8 Å². The minimum atomic E-state index is 0.0107. The van der Waals surface area contributed by atoms with Gasteiger partial charge in [-0.05, 0) is 43.2 Å². The van der Waals surface area contributed by atoms with Crippen LogP contribution in [0.4, 0.5) is 0 Å². The summed E-state index contributed by atoms with van der Waals surface area (Å²) < 4.78 is 5.85. The minimum Gasteiger partial charge on any atom is -0.454 e. The van der Waals surface area contributed by atoms with Crippen molar-refractivity contribution < 1.29 is 4.74 Å². The molecule has 0 heterocycles. The van der Waals surface area contributed by atoms with Crippen LogP contribution in [0.5, 0.6) is 11.5 Å². The second-order valence-corrected chi connectivity index (χ2v) is 5.84. The summed E-state index contributed by atoms with van der Waals surface area (Å²) in [5, 5.41) is 1.51. The highest BCUT2D eigenvalue weighted by Crippen LogP contribution is 2.37. The van der Waals surface area contributed by atoms with Gasteiger partial charge < -0.3 is 10.5 Å². The normalized spacial score (nSPS) is 12.2. The first kappa shape index (κ1) is 15.5. The summed E-state index contributed by atoms with van der Waals surface area (Å²) in [6, 6.07) is 10.6. The van der Waals surface area contributed by atoms with Crippen LogP contribution in [-0.2, 0) is 6.42 Å². The second kappa shape index (κ2) is 6.68.